The van der Waals surface area contributed by atoms with Gasteiger partial charge in [-0.25, -0.2) is 4.39 Å². The standard InChI is InChI=1S/C17H23FN2S/c1-13(2)20-17(12-19)10-5-6-14(17)9-11-21-16-8-4-3-7-15(16)18/h3-4,7-8,13-14,20H,5-6,9-11H2,1-2H3. The van der Waals surface area contributed by atoms with Crippen LogP contribution < -0.4 is 5.32 Å². The van der Waals surface area contributed by atoms with Crippen molar-refractivity contribution >= 4 is 11.8 Å². The molecular formula is C17H23FN2S. The summed E-state index contributed by atoms with van der Waals surface area (Å²) in [4.78, 5) is 0.704. The minimum absolute atomic E-state index is 0.152. The molecule has 0 radical (unpaired) electrons. The Balaban J connectivity index is 1.93. The maximum Gasteiger partial charge on any atom is 0.136 e. The van der Waals surface area contributed by atoms with Crippen LogP contribution in [0.15, 0.2) is 29.2 Å². The van der Waals surface area contributed by atoms with Crippen molar-refractivity contribution in [3.63, 3.8) is 0 Å². The maximum absolute atomic E-state index is 13.6. The van der Waals surface area contributed by atoms with Crippen LogP contribution in [-0.2, 0) is 0 Å². The van der Waals surface area contributed by atoms with Crippen molar-refractivity contribution < 1.29 is 4.39 Å². The molecule has 0 bridgehead atoms. The molecule has 1 aliphatic rings. The number of hydrogen-bond acceptors (Lipinski definition) is 3. The monoisotopic (exact) mass is 306 g/mol. The normalized spacial score (nSPS) is 25.2. The zero-order valence-electron chi connectivity index (χ0n) is 12.7. The zero-order valence-corrected chi connectivity index (χ0v) is 13.5. The van der Waals surface area contributed by atoms with E-state index in [0.29, 0.717) is 16.9 Å². The summed E-state index contributed by atoms with van der Waals surface area (Å²) < 4.78 is 13.6. The molecule has 2 atom stereocenters. The molecule has 1 N–H and O–H groups in total. The molecule has 0 amide bonds. The lowest BCUT2D eigenvalue weighted by Gasteiger charge is -2.32. The van der Waals surface area contributed by atoms with Gasteiger partial charge in [0.05, 0.1) is 6.07 Å². The van der Waals surface area contributed by atoms with E-state index in [1.165, 1.54) is 6.07 Å². The molecule has 0 spiro atoms. The lowest BCUT2D eigenvalue weighted by Crippen LogP contribution is -2.50. The van der Waals surface area contributed by atoms with Crippen molar-refractivity contribution in [3.05, 3.63) is 30.1 Å². The van der Waals surface area contributed by atoms with Crippen molar-refractivity contribution in [2.24, 2.45) is 5.92 Å². The number of nitriles is 1. The summed E-state index contributed by atoms with van der Waals surface area (Å²) in [5, 5.41) is 13.1. The molecule has 0 aliphatic heterocycles. The number of nitrogens with one attached hydrogen (secondary N) is 1. The average molecular weight is 306 g/mol. The fourth-order valence-corrected chi connectivity index (χ4v) is 4.23. The highest BCUT2D eigenvalue weighted by molar-refractivity contribution is 7.99. The lowest BCUT2D eigenvalue weighted by atomic mass is 9.86. The molecule has 1 saturated carbocycles. The third kappa shape index (κ3) is 3.99. The van der Waals surface area contributed by atoms with Gasteiger partial charge in [0.15, 0.2) is 0 Å². The van der Waals surface area contributed by atoms with E-state index in [1.807, 2.05) is 12.1 Å². The Kier molecular flexibility index (Phi) is 5.66. The minimum Gasteiger partial charge on any atom is -0.297 e. The Morgan fingerprint density at radius 1 is 1.48 bits per heavy atom. The van der Waals surface area contributed by atoms with E-state index in [-0.39, 0.29) is 11.4 Å². The molecule has 1 aliphatic carbocycles. The predicted octanol–water partition coefficient (Wildman–Crippen LogP) is 4.37. The second kappa shape index (κ2) is 7.29. The molecule has 114 valence electrons. The summed E-state index contributed by atoms with van der Waals surface area (Å²) in [7, 11) is 0. The zero-order chi connectivity index (χ0) is 15.3. The summed E-state index contributed by atoms with van der Waals surface area (Å²) in [5.41, 5.74) is -0.385. The topological polar surface area (TPSA) is 35.8 Å². The van der Waals surface area contributed by atoms with Crippen LogP contribution in [0.5, 0.6) is 0 Å². The minimum atomic E-state index is -0.385. The van der Waals surface area contributed by atoms with Gasteiger partial charge in [-0.2, -0.15) is 5.26 Å². The van der Waals surface area contributed by atoms with Gasteiger partial charge in [0.25, 0.3) is 0 Å². The van der Waals surface area contributed by atoms with Gasteiger partial charge in [0.2, 0.25) is 0 Å². The van der Waals surface area contributed by atoms with Crippen LogP contribution >= 0.6 is 11.8 Å². The number of benzene rings is 1. The predicted molar refractivity (Wildman–Crippen MR) is 85.7 cm³/mol. The highest BCUT2D eigenvalue weighted by Gasteiger charge is 2.42. The second-order valence-corrected chi connectivity index (χ2v) is 7.18. The summed E-state index contributed by atoms with van der Waals surface area (Å²) in [5.74, 6) is 1.07. The third-order valence-electron chi connectivity index (χ3n) is 4.13. The Hall–Kier alpha value is -1.05. The average Bonchev–Trinajstić information content (AvgIpc) is 2.84. The summed E-state index contributed by atoms with van der Waals surface area (Å²) >= 11 is 1.55. The van der Waals surface area contributed by atoms with Crippen molar-refractivity contribution in [2.75, 3.05) is 5.75 Å². The highest BCUT2D eigenvalue weighted by atomic mass is 32.2. The van der Waals surface area contributed by atoms with E-state index < -0.39 is 0 Å². The van der Waals surface area contributed by atoms with Gasteiger partial charge >= 0.3 is 0 Å². The van der Waals surface area contributed by atoms with E-state index in [1.54, 1.807) is 17.8 Å². The molecule has 1 aromatic rings. The lowest BCUT2D eigenvalue weighted by molar-refractivity contribution is 0.289. The fraction of sp³-hybridized carbons (Fsp3) is 0.588. The van der Waals surface area contributed by atoms with Gasteiger partial charge in [0, 0.05) is 10.9 Å². The molecular weight excluding hydrogens is 283 g/mol. The first-order valence-corrected chi connectivity index (χ1v) is 8.62. The number of thioether (sulfide) groups is 1. The molecule has 0 saturated heterocycles. The first-order chi connectivity index (χ1) is 10.1. The molecule has 21 heavy (non-hydrogen) atoms. The number of hydrogen-bond donors (Lipinski definition) is 1. The summed E-state index contributed by atoms with van der Waals surface area (Å²) in [6, 6.07) is 9.72. The number of halogens is 1. The van der Waals surface area contributed by atoms with Crippen LogP contribution in [0.2, 0.25) is 0 Å². The quantitative estimate of drug-likeness (QED) is 0.793. The molecule has 0 aromatic heterocycles. The van der Waals surface area contributed by atoms with Crippen LogP contribution in [0.4, 0.5) is 4.39 Å². The van der Waals surface area contributed by atoms with Gasteiger partial charge in [-0.1, -0.05) is 18.6 Å². The first-order valence-electron chi connectivity index (χ1n) is 7.63. The number of nitrogens with zero attached hydrogens (tertiary/aromatic N) is 1. The Morgan fingerprint density at radius 3 is 2.90 bits per heavy atom. The van der Waals surface area contributed by atoms with Gasteiger partial charge < -0.3 is 0 Å². The highest BCUT2D eigenvalue weighted by Crippen LogP contribution is 2.39. The Labute approximate surface area is 131 Å². The van der Waals surface area contributed by atoms with Gasteiger partial charge in [-0.05, 0) is 56.9 Å². The molecule has 0 heterocycles. The molecule has 2 unspecified atom stereocenters. The smallest absolute Gasteiger partial charge is 0.136 e. The Bertz CT molecular complexity index is 512. The third-order valence-corrected chi connectivity index (χ3v) is 5.21. The van der Waals surface area contributed by atoms with E-state index in [9.17, 15) is 9.65 Å². The van der Waals surface area contributed by atoms with E-state index in [2.05, 4.69) is 25.2 Å². The molecule has 1 aromatic carbocycles. The van der Waals surface area contributed by atoms with Gasteiger partial charge in [-0.15, -0.1) is 11.8 Å². The number of rotatable bonds is 6. The second-order valence-electron chi connectivity index (χ2n) is 6.04. The van der Waals surface area contributed by atoms with Crippen molar-refractivity contribution in [1.29, 1.82) is 5.26 Å². The van der Waals surface area contributed by atoms with Crippen molar-refractivity contribution in [2.45, 2.75) is 56.0 Å². The largest absolute Gasteiger partial charge is 0.297 e. The van der Waals surface area contributed by atoms with Crippen molar-refractivity contribution in [3.8, 4) is 6.07 Å². The van der Waals surface area contributed by atoms with Crippen LogP contribution in [0.1, 0.15) is 39.5 Å². The molecule has 2 rings (SSSR count). The van der Waals surface area contributed by atoms with E-state index >= 15 is 0 Å². The maximum atomic E-state index is 13.6. The molecule has 4 heteroatoms. The van der Waals surface area contributed by atoms with E-state index in [4.69, 9.17) is 0 Å². The fourth-order valence-electron chi connectivity index (χ4n) is 3.23. The van der Waals surface area contributed by atoms with Crippen LogP contribution in [-0.4, -0.2) is 17.3 Å². The summed E-state index contributed by atoms with van der Waals surface area (Å²) in [6.07, 6.45) is 4.07. The van der Waals surface area contributed by atoms with Crippen molar-refractivity contribution in [1.82, 2.24) is 5.32 Å². The van der Waals surface area contributed by atoms with Crippen LogP contribution in [0.3, 0.4) is 0 Å². The van der Waals surface area contributed by atoms with Gasteiger partial charge in [0.1, 0.15) is 11.4 Å². The first kappa shape index (κ1) is 16.3. The Morgan fingerprint density at radius 2 is 2.24 bits per heavy atom. The van der Waals surface area contributed by atoms with Gasteiger partial charge in [-0.3, -0.25) is 5.32 Å². The molecule has 1 fully saturated rings. The van der Waals surface area contributed by atoms with Crippen LogP contribution in [0, 0.1) is 23.1 Å². The van der Waals surface area contributed by atoms with Crippen LogP contribution in [0.25, 0.3) is 0 Å². The van der Waals surface area contributed by atoms with E-state index in [0.717, 1.165) is 31.4 Å². The molecule has 2 nitrogen and oxygen atoms in total. The SMILES string of the molecule is CC(C)NC1(C#N)CCCC1CCSc1ccccc1F. The summed E-state index contributed by atoms with van der Waals surface area (Å²) in [6.45, 7) is 4.17.